The number of hydrogen-bond donors (Lipinski definition) is 2. The minimum atomic E-state index is -3.15. The summed E-state index contributed by atoms with van der Waals surface area (Å²) in [5.41, 5.74) is 0.493. The first-order valence-corrected chi connectivity index (χ1v) is 9.93. The molecule has 0 saturated carbocycles. The number of nitrogens with one attached hydrogen (secondary N) is 2. The molecule has 1 aliphatic heterocycles. The summed E-state index contributed by atoms with van der Waals surface area (Å²) in [6.07, 6.45) is 0.321. The third-order valence-corrected chi connectivity index (χ3v) is 5.89. The summed E-state index contributed by atoms with van der Waals surface area (Å²) in [5.74, 6) is -1.87. The number of carbonyl (C=O) groups excluding carboxylic acids is 3. The topological polar surface area (TPSA) is 119 Å². The first kappa shape index (κ1) is 19.9. The summed E-state index contributed by atoms with van der Waals surface area (Å²) < 4.78 is 27.8. The Bertz CT molecular complexity index is 820. The molecule has 26 heavy (non-hydrogen) atoms. The van der Waals surface area contributed by atoms with E-state index in [1.165, 1.54) is 0 Å². The van der Waals surface area contributed by atoms with Crippen molar-refractivity contribution in [1.82, 2.24) is 10.6 Å². The van der Waals surface area contributed by atoms with Gasteiger partial charge in [0, 0.05) is 5.56 Å². The maximum absolute atomic E-state index is 11.9. The van der Waals surface area contributed by atoms with Gasteiger partial charge in [0.25, 0.3) is 11.8 Å². The Kier molecular flexibility index (Phi) is 6.01. The van der Waals surface area contributed by atoms with Crippen LogP contribution in [0, 0.1) is 6.92 Å². The quantitative estimate of drug-likeness (QED) is 0.667. The van der Waals surface area contributed by atoms with Crippen LogP contribution in [0.15, 0.2) is 24.3 Å². The molecule has 142 valence electrons. The molecule has 1 aliphatic rings. The lowest BCUT2D eigenvalue weighted by Gasteiger charge is -2.23. The molecule has 1 saturated heterocycles. The number of esters is 1. The zero-order valence-electron chi connectivity index (χ0n) is 14.7. The smallest absolute Gasteiger partial charge is 0.325 e. The van der Waals surface area contributed by atoms with Crippen molar-refractivity contribution in [2.24, 2.45) is 0 Å². The van der Waals surface area contributed by atoms with E-state index >= 15 is 0 Å². The Labute approximate surface area is 152 Å². The second-order valence-electron chi connectivity index (χ2n) is 6.66. The SMILES string of the molecule is Cc1cccc(C(=O)NCC(=O)OCC(=O)N[C@@]2(C)CCS(=O)(=O)C2)c1. The van der Waals surface area contributed by atoms with Crippen molar-refractivity contribution < 1.29 is 27.5 Å². The fourth-order valence-corrected chi connectivity index (χ4v) is 4.81. The van der Waals surface area contributed by atoms with Crippen LogP contribution >= 0.6 is 0 Å². The van der Waals surface area contributed by atoms with Gasteiger partial charge >= 0.3 is 5.97 Å². The molecule has 1 aromatic rings. The van der Waals surface area contributed by atoms with Crippen molar-refractivity contribution in [2.45, 2.75) is 25.8 Å². The third-order valence-electron chi connectivity index (χ3n) is 3.98. The molecule has 1 heterocycles. The molecule has 0 aliphatic carbocycles. The summed E-state index contributed by atoms with van der Waals surface area (Å²) in [6.45, 7) is 2.58. The Morgan fingerprint density at radius 3 is 2.62 bits per heavy atom. The van der Waals surface area contributed by atoms with E-state index in [9.17, 15) is 22.8 Å². The monoisotopic (exact) mass is 382 g/mol. The van der Waals surface area contributed by atoms with Gasteiger partial charge in [-0.25, -0.2) is 8.42 Å². The Balaban J connectivity index is 1.73. The van der Waals surface area contributed by atoms with Gasteiger partial charge in [0.1, 0.15) is 6.54 Å². The van der Waals surface area contributed by atoms with E-state index in [2.05, 4.69) is 10.6 Å². The fraction of sp³-hybridized carbons (Fsp3) is 0.471. The molecule has 2 N–H and O–H groups in total. The lowest BCUT2D eigenvalue weighted by molar-refractivity contribution is -0.147. The summed E-state index contributed by atoms with van der Waals surface area (Å²) in [7, 11) is -3.15. The van der Waals surface area contributed by atoms with Gasteiger partial charge in [0.15, 0.2) is 16.4 Å². The molecular weight excluding hydrogens is 360 g/mol. The minimum Gasteiger partial charge on any atom is -0.454 e. The van der Waals surface area contributed by atoms with Crippen LogP contribution in [0.4, 0.5) is 0 Å². The first-order valence-electron chi connectivity index (χ1n) is 8.10. The van der Waals surface area contributed by atoms with Crippen LogP contribution in [0.1, 0.15) is 29.3 Å². The van der Waals surface area contributed by atoms with Crippen LogP contribution in [0.25, 0.3) is 0 Å². The van der Waals surface area contributed by atoms with E-state index in [4.69, 9.17) is 4.74 Å². The predicted octanol–water partition coefficient (Wildman–Crippen LogP) is -0.0386. The number of amides is 2. The Morgan fingerprint density at radius 1 is 1.27 bits per heavy atom. The molecule has 0 aromatic heterocycles. The van der Waals surface area contributed by atoms with E-state index in [1.807, 2.05) is 13.0 Å². The average Bonchev–Trinajstić information content (AvgIpc) is 2.83. The Morgan fingerprint density at radius 2 is 2.00 bits per heavy atom. The molecule has 0 radical (unpaired) electrons. The standard InChI is InChI=1S/C17H22N2O6S/c1-12-4-3-5-13(8-12)16(22)18-9-15(21)25-10-14(20)19-17(2)6-7-26(23,24)11-17/h3-5,8H,6-7,9-11H2,1-2H3,(H,18,22)(H,19,20)/t17-/m0/s1. The molecular formula is C17H22N2O6S. The normalized spacial score (nSPS) is 21.0. The number of aryl methyl sites for hydroxylation is 1. The predicted molar refractivity (Wildman–Crippen MR) is 94.3 cm³/mol. The minimum absolute atomic E-state index is 0.0224. The molecule has 9 heteroatoms. The maximum atomic E-state index is 11.9. The van der Waals surface area contributed by atoms with E-state index in [1.54, 1.807) is 25.1 Å². The maximum Gasteiger partial charge on any atom is 0.325 e. The molecule has 1 fully saturated rings. The summed E-state index contributed by atoms with van der Waals surface area (Å²) >= 11 is 0. The first-order chi connectivity index (χ1) is 12.1. The van der Waals surface area contributed by atoms with Crippen molar-refractivity contribution in [3.63, 3.8) is 0 Å². The van der Waals surface area contributed by atoms with Crippen molar-refractivity contribution >= 4 is 27.6 Å². The number of ether oxygens (including phenoxy) is 1. The third kappa shape index (κ3) is 5.83. The van der Waals surface area contributed by atoms with Gasteiger partial charge < -0.3 is 15.4 Å². The van der Waals surface area contributed by atoms with Crippen molar-refractivity contribution in [3.05, 3.63) is 35.4 Å². The highest BCUT2D eigenvalue weighted by Gasteiger charge is 2.39. The highest BCUT2D eigenvalue weighted by atomic mass is 32.2. The van der Waals surface area contributed by atoms with Gasteiger partial charge in [0.05, 0.1) is 17.0 Å². The van der Waals surface area contributed by atoms with Crippen LogP contribution in [-0.2, 0) is 24.2 Å². The van der Waals surface area contributed by atoms with Crippen LogP contribution in [-0.4, -0.2) is 56.4 Å². The number of carbonyl (C=O) groups is 3. The van der Waals surface area contributed by atoms with Crippen LogP contribution in [0.2, 0.25) is 0 Å². The number of hydrogen-bond acceptors (Lipinski definition) is 6. The fourth-order valence-electron chi connectivity index (χ4n) is 2.72. The number of sulfone groups is 1. The molecule has 8 nitrogen and oxygen atoms in total. The van der Waals surface area contributed by atoms with Gasteiger partial charge in [-0.2, -0.15) is 0 Å². The summed E-state index contributed by atoms with van der Waals surface area (Å²) in [4.78, 5) is 35.4. The number of rotatable bonds is 6. The van der Waals surface area contributed by atoms with Gasteiger partial charge in [-0.1, -0.05) is 17.7 Å². The van der Waals surface area contributed by atoms with Gasteiger partial charge in [0.2, 0.25) is 0 Å². The zero-order chi connectivity index (χ0) is 19.4. The van der Waals surface area contributed by atoms with Crippen molar-refractivity contribution in [1.29, 1.82) is 0 Å². The van der Waals surface area contributed by atoms with Gasteiger partial charge in [-0.05, 0) is 32.4 Å². The molecule has 2 amide bonds. The van der Waals surface area contributed by atoms with Crippen LogP contribution in [0.3, 0.4) is 0 Å². The molecule has 1 aromatic carbocycles. The number of benzene rings is 1. The second kappa shape index (κ2) is 7.86. The van der Waals surface area contributed by atoms with Crippen LogP contribution in [0.5, 0.6) is 0 Å². The van der Waals surface area contributed by atoms with Crippen molar-refractivity contribution in [2.75, 3.05) is 24.7 Å². The average molecular weight is 382 g/mol. The Hall–Kier alpha value is -2.42. The van der Waals surface area contributed by atoms with E-state index in [-0.39, 0.29) is 18.1 Å². The summed E-state index contributed by atoms with van der Waals surface area (Å²) in [6, 6.07) is 6.89. The molecule has 1 atom stereocenters. The molecule has 0 bridgehead atoms. The summed E-state index contributed by atoms with van der Waals surface area (Å²) in [5, 5.41) is 5.00. The van der Waals surface area contributed by atoms with Gasteiger partial charge in [-0.15, -0.1) is 0 Å². The van der Waals surface area contributed by atoms with Crippen LogP contribution < -0.4 is 10.6 Å². The lowest BCUT2D eigenvalue weighted by atomic mass is 10.0. The zero-order valence-corrected chi connectivity index (χ0v) is 15.5. The molecule has 0 unspecified atom stereocenters. The lowest BCUT2D eigenvalue weighted by Crippen LogP contribution is -2.48. The highest BCUT2D eigenvalue weighted by Crippen LogP contribution is 2.22. The molecule has 2 rings (SSSR count). The van der Waals surface area contributed by atoms with E-state index in [0.29, 0.717) is 12.0 Å². The van der Waals surface area contributed by atoms with Crippen molar-refractivity contribution in [3.8, 4) is 0 Å². The largest absolute Gasteiger partial charge is 0.454 e. The second-order valence-corrected chi connectivity index (χ2v) is 8.85. The van der Waals surface area contributed by atoms with Gasteiger partial charge in [-0.3, -0.25) is 14.4 Å². The molecule has 0 spiro atoms. The highest BCUT2D eigenvalue weighted by molar-refractivity contribution is 7.91. The van der Waals surface area contributed by atoms with E-state index in [0.717, 1.165) is 5.56 Å². The van der Waals surface area contributed by atoms with E-state index < -0.39 is 39.8 Å².